The monoisotopic (exact) mass is 713 g/mol. The SMILES string of the molecule is COc1ncc(-c2cc(F)c3c(Nc4cc(OC5CCC(F)(F)CC5)cc(-c5noc(=O)[nH]5)c4)c(S(N)(=O)=O)c(C4CC4)nc3c2)c(OC)n1. The van der Waals surface area contributed by atoms with Gasteiger partial charge in [0.2, 0.25) is 21.8 Å². The first kappa shape index (κ1) is 33.3. The van der Waals surface area contributed by atoms with Crippen molar-refractivity contribution in [2.75, 3.05) is 19.5 Å². The van der Waals surface area contributed by atoms with E-state index in [2.05, 4.69) is 34.9 Å². The highest BCUT2D eigenvalue weighted by Crippen LogP contribution is 2.47. The number of aromatic amines is 1. The molecule has 18 heteroatoms. The van der Waals surface area contributed by atoms with Gasteiger partial charge in [0.05, 0.1) is 48.2 Å². The number of alkyl halides is 2. The maximum absolute atomic E-state index is 16.4. The molecule has 2 aliphatic carbocycles. The highest BCUT2D eigenvalue weighted by Gasteiger charge is 2.37. The number of methoxy groups -OCH3 is 2. The summed E-state index contributed by atoms with van der Waals surface area (Å²) in [6, 6.07) is 7.26. The number of ether oxygens (including phenoxy) is 3. The third kappa shape index (κ3) is 6.67. The number of benzene rings is 2. The van der Waals surface area contributed by atoms with Crippen LogP contribution in [0.2, 0.25) is 0 Å². The highest BCUT2D eigenvalue weighted by molar-refractivity contribution is 7.89. The van der Waals surface area contributed by atoms with Crippen LogP contribution < -0.4 is 30.4 Å². The van der Waals surface area contributed by atoms with E-state index in [1.54, 1.807) is 6.07 Å². The Morgan fingerprint density at radius 3 is 2.42 bits per heavy atom. The standard InChI is InChI=1S/C32H30F3N7O7S/c1-46-29-21(14-37-30(41-29)47-2)16-11-22(33)24-23(12-16)39-25(15-3-4-15)27(50(36,44)45)26(24)38-18-9-17(28-40-31(43)49-42-28)10-20(13-18)48-19-5-7-32(34,35)8-6-19/h9-15,19H,3-8H2,1-2H3,(H,38,39)(H2,36,44,45)(H,40,42,43). The van der Waals surface area contributed by atoms with Crippen molar-refractivity contribution in [3.05, 3.63) is 58.6 Å². The topological polar surface area (TPSA) is 197 Å². The fraction of sp³-hybridized carbons (Fsp3) is 0.344. The van der Waals surface area contributed by atoms with E-state index < -0.39 is 33.6 Å². The molecule has 2 fully saturated rings. The second kappa shape index (κ2) is 12.6. The van der Waals surface area contributed by atoms with Gasteiger partial charge in [0.25, 0.3) is 0 Å². The fourth-order valence-electron chi connectivity index (χ4n) is 6.05. The van der Waals surface area contributed by atoms with E-state index in [9.17, 15) is 22.0 Å². The van der Waals surface area contributed by atoms with Gasteiger partial charge in [-0.1, -0.05) is 5.16 Å². The number of hydrogen-bond donors (Lipinski definition) is 3. The number of aromatic nitrogens is 5. The minimum absolute atomic E-state index is 0.00934. The summed E-state index contributed by atoms with van der Waals surface area (Å²) < 4.78 is 91.8. The van der Waals surface area contributed by atoms with E-state index in [-0.39, 0.29) is 93.5 Å². The van der Waals surface area contributed by atoms with E-state index in [0.29, 0.717) is 24.0 Å². The summed E-state index contributed by atoms with van der Waals surface area (Å²) >= 11 is 0. The smallest absolute Gasteiger partial charge is 0.439 e. The Hall–Kier alpha value is -5.23. The van der Waals surface area contributed by atoms with Gasteiger partial charge in [0.15, 0.2) is 5.82 Å². The molecule has 50 heavy (non-hydrogen) atoms. The number of nitrogens with one attached hydrogen (secondary N) is 2. The summed E-state index contributed by atoms with van der Waals surface area (Å²) in [6.07, 6.45) is 1.61. The van der Waals surface area contributed by atoms with Crippen molar-refractivity contribution in [1.29, 1.82) is 0 Å². The van der Waals surface area contributed by atoms with Gasteiger partial charge in [0.1, 0.15) is 16.5 Å². The number of anilines is 2. The van der Waals surface area contributed by atoms with Gasteiger partial charge >= 0.3 is 11.8 Å². The third-order valence-electron chi connectivity index (χ3n) is 8.54. The van der Waals surface area contributed by atoms with Gasteiger partial charge in [-0.3, -0.25) is 14.5 Å². The molecule has 2 aliphatic rings. The zero-order valence-corrected chi connectivity index (χ0v) is 27.4. The molecule has 0 atom stereocenters. The van der Waals surface area contributed by atoms with Crippen molar-refractivity contribution in [3.63, 3.8) is 0 Å². The van der Waals surface area contributed by atoms with Crippen molar-refractivity contribution in [1.82, 2.24) is 25.1 Å². The maximum atomic E-state index is 16.4. The van der Waals surface area contributed by atoms with Crippen LogP contribution in [0.15, 0.2) is 50.7 Å². The quantitative estimate of drug-likeness (QED) is 0.167. The molecule has 0 aliphatic heterocycles. The van der Waals surface area contributed by atoms with Gasteiger partial charge < -0.3 is 19.5 Å². The molecule has 5 aromatic rings. The predicted octanol–water partition coefficient (Wildman–Crippen LogP) is 5.42. The van der Waals surface area contributed by atoms with Gasteiger partial charge in [-0.15, -0.1) is 0 Å². The number of nitrogens with two attached hydrogens (primary N) is 1. The second-order valence-corrected chi connectivity index (χ2v) is 13.6. The Kier molecular flexibility index (Phi) is 8.37. The number of H-pyrrole nitrogens is 1. The number of halogens is 3. The van der Waals surface area contributed by atoms with Crippen LogP contribution in [0.3, 0.4) is 0 Å². The van der Waals surface area contributed by atoms with Crippen LogP contribution in [0.25, 0.3) is 33.4 Å². The molecule has 0 bridgehead atoms. The Morgan fingerprint density at radius 2 is 1.78 bits per heavy atom. The van der Waals surface area contributed by atoms with Crippen LogP contribution in [-0.2, 0) is 10.0 Å². The lowest BCUT2D eigenvalue weighted by molar-refractivity contribution is -0.0582. The normalized spacial score (nSPS) is 16.4. The van der Waals surface area contributed by atoms with Gasteiger partial charge in [-0.2, -0.15) is 4.98 Å². The predicted molar refractivity (Wildman–Crippen MR) is 173 cm³/mol. The van der Waals surface area contributed by atoms with Crippen LogP contribution in [-0.4, -0.2) is 59.8 Å². The van der Waals surface area contributed by atoms with Crippen molar-refractivity contribution in [2.45, 2.75) is 61.4 Å². The number of nitrogens with zero attached hydrogens (tertiary/aromatic N) is 4. The first-order valence-corrected chi connectivity index (χ1v) is 17.0. The van der Waals surface area contributed by atoms with E-state index >= 15 is 4.39 Å². The average Bonchev–Trinajstić information content (AvgIpc) is 3.83. The molecular weight excluding hydrogens is 683 g/mol. The largest absolute Gasteiger partial charge is 0.490 e. The van der Waals surface area contributed by atoms with Crippen LogP contribution in [0.4, 0.5) is 24.5 Å². The Morgan fingerprint density at radius 1 is 1.02 bits per heavy atom. The van der Waals surface area contributed by atoms with Crippen molar-refractivity contribution < 1.29 is 40.3 Å². The highest BCUT2D eigenvalue weighted by atomic mass is 32.2. The molecule has 0 saturated heterocycles. The molecule has 0 amide bonds. The van der Waals surface area contributed by atoms with E-state index in [1.165, 1.54) is 38.6 Å². The molecule has 3 heterocycles. The minimum Gasteiger partial charge on any atom is -0.490 e. The maximum Gasteiger partial charge on any atom is 0.439 e. The van der Waals surface area contributed by atoms with Crippen LogP contribution in [0.5, 0.6) is 17.6 Å². The summed E-state index contributed by atoms with van der Waals surface area (Å²) in [6.45, 7) is 0. The number of sulfonamides is 1. The zero-order valence-electron chi connectivity index (χ0n) is 26.6. The molecule has 7 rings (SSSR count). The molecule has 2 aromatic carbocycles. The van der Waals surface area contributed by atoms with E-state index in [1.807, 2.05) is 0 Å². The van der Waals surface area contributed by atoms with Crippen molar-refractivity contribution in [3.8, 4) is 40.2 Å². The Bertz CT molecular complexity index is 2280. The first-order chi connectivity index (χ1) is 23.8. The molecule has 4 N–H and O–H groups in total. The summed E-state index contributed by atoms with van der Waals surface area (Å²) in [5.41, 5.74) is 1.14. The molecular formula is C32H30F3N7O7S. The molecule has 0 spiro atoms. The fourth-order valence-corrected chi connectivity index (χ4v) is 6.99. The van der Waals surface area contributed by atoms with Crippen molar-refractivity contribution in [2.24, 2.45) is 5.14 Å². The summed E-state index contributed by atoms with van der Waals surface area (Å²) in [4.78, 5) is 26.8. The second-order valence-electron chi connectivity index (χ2n) is 12.1. The molecule has 2 saturated carbocycles. The lowest BCUT2D eigenvalue weighted by Gasteiger charge is -2.29. The third-order valence-corrected chi connectivity index (χ3v) is 9.53. The minimum atomic E-state index is -4.50. The lowest BCUT2D eigenvalue weighted by Crippen LogP contribution is -2.30. The number of hydrogen-bond acceptors (Lipinski definition) is 12. The molecule has 262 valence electrons. The van der Waals surface area contributed by atoms with E-state index in [0.717, 1.165) is 6.07 Å². The molecule has 3 aromatic heterocycles. The zero-order chi connectivity index (χ0) is 35.4. The number of primary sulfonamides is 1. The first-order valence-electron chi connectivity index (χ1n) is 15.5. The van der Waals surface area contributed by atoms with Crippen LogP contribution >= 0.6 is 0 Å². The number of fused-ring (bicyclic) bond motifs is 1. The summed E-state index contributed by atoms with van der Waals surface area (Å²) in [5.74, 6) is -4.42. The average molecular weight is 714 g/mol. The van der Waals surface area contributed by atoms with E-state index in [4.69, 9.17) is 19.3 Å². The number of pyridine rings is 1. The Labute approximate surface area is 282 Å². The summed E-state index contributed by atoms with van der Waals surface area (Å²) in [5, 5.41) is 12.4. The summed E-state index contributed by atoms with van der Waals surface area (Å²) in [7, 11) is -1.73. The Balaban J connectivity index is 1.39. The van der Waals surface area contributed by atoms with Crippen molar-refractivity contribution >= 4 is 32.3 Å². The van der Waals surface area contributed by atoms with Gasteiger partial charge in [-0.25, -0.2) is 36.5 Å². The number of rotatable bonds is 10. The molecule has 14 nitrogen and oxygen atoms in total. The van der Waals surface area contributed by atoms with Crippen LogP contribution in [0.1, 0.15) is 50.1 Å². The van der Waals surface area contributed by atoms with Gasteiger partial charge in [0, 0.05) is 42.3 Å². The molecule has 0 radical (unpaired) electrons. The van der Waals surface area contributed by atoms with Gasteiger partial charge in [-0.05, 0) is 55.5 Å². The lowest BCUT2D eigenvalue weighted by atomic mass is 9.94. The molecule has 0 unspecified atom stereocenters. The van der Waals surface area contributed by atoms with Crippen LogP contribution in [0, 0.1) is 5.82 Å².